The molecule has 0 aliphatic rings. The maximum absolute atomic E-state index is 6.77. The van der Waals surface area contributed by atoms with Crippen LogP contribution in [-0.4, -0.2) is 18.7 Å². The third kappa shape index (κ3) is 7.72. The molecule has 0 aliphatic heterocycles. The molecule has 4 heterocycles. The number of nitrogens with zero attached hydrogens (tertiary/aromatic N) is 5. The quantitative estimate of drug-likeness (QED) is 0.101. The Morgan fingerprint density at radius 2 is 1.14 bits per heavy atom. The van der Waals surface area contributed by atoms with E-state index in [0.717, 1.165) is 84.4 Å². The summed E-state index contributed by atoms with van der Waals surface area (Å²) < 4.78 is 15.6. The summed E-state index contributed by atoms with van der Waals surface area (Å²) in [5, 5.41) is 4.63. The third-order valence-electron chi connectivity index (χ3n) is 13.4. The summed E-state index contributed by atoms with van der Waals surface area (Å²) in [5.41, 5.74) is 14.9. The number of hydrogen-bond donors (Lipinski definition) is 0. The Balaban J connectivity index is 0.00000517. The van der Waals surface area contributed by atoms with Crippen LogP contribution in [0.4, 0.5) is 0 Å². The van der Waals surface area contributed by atoms with Crippen LogP contribution >= 0.6 is 0 Å². The Labute approximate surface area is 426 Å². The van der Waals surface area contributed by atoms with Crippen LogP contribution in [0.1, 0.15) is 19.4 Å². The summed E-state index contributed by atoms with van der Waals surface area (Å²) >= 11 is 0. The molecule has 13 aromatic rings. The Kier molecular flexibility index (Phi) is 11.3. The van der Waals surface area contributed by atoms with E-state index < -0.39 is 0 Å². The van der Waals surface area contributed by atoms with Gasteiger partial charge in [0.05, 0.1) is 27.8 Å². The molecule has 0 atom stereocenters. The van der Waals surface area contributed by atoms with E-state index in [-0.39, 0.29) is 21.1 Å². The van der Waals surface area contributed by atoms with Crippen molar-refractivity contribution in [3.8, 4) is 56.6 Å². The van der Waals surface area contributed by atoms with E-state index in [1.54, 1.807) is 0 Å². The van der Waals surface area contributed by atoms with Crippen molar-refractivity contribution in [2.75, 3.05) is 0 Å². The maximum Gasteiger partial charge on any atom is 0.268 e. The van der Waals surface area contributed by atoms with Gasteiger partial charge >= 0.3 is 0 Å². The van der Waals surface area contributed by atoms with Crippen molar-refractivity contribution >= 4 is 54.6 Å². The smallest absolute Gasteiger partial charge is 0.268 e. The molecule has 0 fully saturated rings. The van der Waals surface area contributed by atoms with Crippen molar-refractivity contribution in [2.45, 2.75) is 20.3 Å². The summed E-state index contributed by atoms with van der Waals surface area (Å²) in [6, 6.07) is 82.0. The van der Waals surface area contributed by atoms with Gasteiger partial charge in [0.2, 0.25) is 0 Å². The molecule has 0 amide bonds. The average Bonchev–Trinajstić information content (AvgIpc) is 4.07. The second-order valence-corrected chi connectivity index (χ2v) is 18.3. The summed E-state index contributed by atoms with van der Waals surface area (Å²) in [4.78, 5) is 4.98. The predicted octanol–water partition coefficient (Wildman–Crippen LogP) is 15.2. The summed E-state index contributed by atoms with van der Waals surface area (Å²) in [6.45, 7) is 4.50. The SMILES string of the molecule is CC(C)Cc1ccnc(-n2c3[c-]c(Oc4[c-]c(-n5[c-][n+](-c6c(-c7ccccc7)cccc6-c6ccccc6)c6ccccc65)ccc4)ccc3c3cc(-n4c5ccccc5c5ccccc54)ccc32)c1.[Pt]. The van der Waals surface area contributed by atoms with Gasteiger partial charge < -0.3 is 18.4 Å². The van der Waals surface area contributed by atoms with Gasteiger partial charge in [-0.2, -0.15) is 18.2 Å². The van der Waals surface area contributed by atoms with Crippen molar-refractivity contribution in [1.29, 1.82) is 0 Å². The normalized spacial score (nSPS) is 11.6. The molecule has 13 rings (SSSR count). The standard InChI is InChI=1S/C64H45N5O.Pt/c1-43(2)37-44-35-36-65-63(38-44)69-59-34-31-48(68-57-27-11-9-23-53(57)54-24-10-12-28-58(54)68)40-56(59)55-33-32-50(41-62(55)69)70-49-22-15-21-47(39-49)66-42-67(61-30-14-13-29-60(61)66)64-51(45-17-5-3-6-18-45)25-16-26-52(64)46-19-7-4-8-20-46;/h3-36,38,40,43H,37H2,1-2H3;/q-2;. The fraction of sp³-hybridized carbons (Fsp3) is 0.0625. The second-order valence-electron chi connectivity index (χ2n) is 18.3. The number of ether oxygens (including phenoxy) is 1. The zero-order valence-corrected chi connectivity index (χ0v) is 41.3. The van der Waals surface area contributed by atoms with Gasteiger partial charge in [-0.15, -0.1) is 29.7 Å². The number of imidazole rings is 1. The predicted molar refractivity (Wildman–Crippen MR) is 284 cm³/mol. The van der Waals surface area contributed by atoms with Crippen molar-refractivity contribution in [2.24, 2.45) is 5.92 Å². The largest absolute Gasteiger partial charge is 0.510 e. The topological polar surface area (TPSA) is 40.8 Å². The Hall–Kier alpha value is -8.31. The number of hydrogen-bond acceptors (Lipinski definition) is 2. The van der Waals surface area contributed by atoms with Gasteiger partial charge in [-0.1, -0.05) is 159 Å². The minimum atomic E-state index is 0. The average molecular weight is 1100 g/mol. The second kappa shape index (κ2) is 18.2. The first-order chi connectivity index (χ1) is 34.5. The van der Waals surface area contributed by atoms with Crippen molar-refractivity contribution in [3.63, 3.8) is 0 Å². The number of rotatable bonds is 10. The third-order valence-corrected chi connectivity index (χ3v) is 13.4. The van der Waals surface area contributed by atoms with E-state index in [1.807, 2.05) is 24.4 Å². The number of benzene rings is 9. The molecule has 0 spiro atoms. The van der Waals surface area contributed by atoms with Gasteiger partial charge in [0.25, 0.3) is 6.33 Å². The molecule has 344 valence electrons. The summed E-state index contributed by atoms with van der Waals surface area (Å²) in [5.74, 6) is 2.49. The van der Waals surface area contributed by atoms with Crippen LogP contribution < -0.4 is 9.30 Å². The molecule has 0 N–H and O–H groups in total. The van der Waals surface area contributed by atoms with Crippen molar-refractivity contribution < 1.29 is 30.4 Å². The number of para-hydroxylation sites is 5. The molecule has 0 unspecified atom stereocenters. The molecule has 7 heteroatoms. The van der Waals surface area contributed by atoms with Gasteiger partial charge in [0.15, 0.2) is 0 Å². The van der Waals surface area contributed by atoms with Gasteiger partial charge in [0.1, 0.15) is 5.82 Å². The Morgan fingerprint density at radius 3 is 1.85 bits per heavy atom. The molecule has 0 saturated heterocycles. The molecule has 0 bridgehead atoms. The zero-order valence-electron chi connectivity index (χ0n) is 39.0. The fourth-order valence-electron chi connectivity index (χ4n) is 10.4. The Bertz CT molecular complexity index is 4000. The van der Waals surface area contributed by atoms with Crippen molar-refractivity contribution in [3.05, 3.63) is 243 Å². The first-order valence-electron chi connectivity index (χ1n) is 23.9. The van der Waals surface area contributed by atoms with Crippen LogP contribution in [-0.2, 0) is 27.5 Å². The fourth-order valence-corrected chi connectivity index (χ4v) is 10.4. The van der Waals surface area contributed by atoms with E-state index in [1.165, 1.54) is 27.4 Å². The van der Waals surface area contributed by atoms with E-state index in [4.69, 9.17) is 9.72 Å². The first kappa shape index (κ1) is 43.9. The molecule has 0 radical (unpaired) electrons. The van der Waals surface area contributed by atoms with E-state index in [0.29, 0.717) is 17.4 Å². The van der Waals surface area contributed by atoms with Crippen LogP contribution in [0, 0.1) is 24.4 Å². The van der Waals surface area contributed by atoms with Gasteiger partial charge in [-0.05, 0) is 93.7 Å². The first-order valence-corrected chi connectivity index (χ1v) is 23.9. The number of pyridine rings is 1. The van der Waals surface area contributed by atoms with Crippen molar-refractivity contribution in [1.82, 2.24) is 18.7 Å². The number of aromatic nitrogens is 5. The van der Waals surface area contributed by atoms with Crippen LogP contribution in [0.5, 0.6) is 11.5 Å². The molecule has 6 nitrogen and oxygen atoms in total. The van der Waals surface area contributed by atoms with Crippen LogP contribution in [0.15, 0.2) is 219 Å². The molecule has 9 aromatic carbocycles. The molecule has 4 aromatic heterocycles. The monoisotopic (exact) mass is 1090 g/mol. The maximum atomic E-state index is 6.77. The van der Waals surface area contributed by atoms with E-state index in [2.05, 4.69) is 245 Å². The van der Waals surface area contributed by atoms with Gasteiger partial charge in [0, 0.05) is 60.7 Å². The van der Waals surface area contributed by atoms with Crippen LogP contribution in [0.3, 0.4) is 0 Å². The minimum Gasteiger partial charge on any atom is -0.510 e. The Morgan fingerprint density at radius 1 is 0.521 bits per heavy atom. The van der Waals surface area contributed by atoms with E-state index in [9.17, 15) is 0 Å². The molecular weight excluding hydrogens is 1050 g/mol. The molecule has 71 heavy (non-hydrogen) atoms. The van der Waals surface area contributed by atoms with Crippen LogP contribution in [0.2, 0.25) is 0 Å². The van der Waals surface area contributed by atoms with Gasteiger partial charge in [-0.25, -0.2) is 4.98 Å². The van der Waals surface area contributed by atoms with E-state index >= 15 is 0 Å². The summed E-state index contributed by atoms with van der Waals surface area (Å²) in [7, 11) is 0. The minimum absolute atomic E-state index is 0. The number of fused-ring (bicyclic) bond motifs is 7. The van der Waals surface area contributed by atoms with Crippen LogP contribution in [0.25, 0.3) is 99.8 Å². The molecular formula is C64H45N5OPt-2. The molecule has 0 saturated carbocycles. The summed E-state index contributed by atoms with van der Waals surface area (Å²) in [6.07, 6.45) is 6.65. The zero-order chi connectivity index (χ0) is 46.7. The van der Waals surface area contributed by atoms with Gasteiger partial charge in [-0.3, -0.25) is 4.57 Å². The molecule has 0 aliphatic carbocycles.